The van der Waals surface area contributed by atoms with E-state index in [-0.39, 0.29) is 18.1 Å². The largest absolute Gasteiger partial charge is 0.489 e. The summed E-state index contributed by atoms with van der Waals surface area (Å²) in [7, 11) is 3.23. The van der Waals surface area contributed by atoms with Crippen molar-refractivity contribution < 1.29 is 18.7 Å². The van der Waals surface area contributed by atoms with Gasteiger partial charge < -0.3 is 18.9 Å². The Balaban J connectivity index is 1.56. The number of halogens is 1. The van der Waals surface area contributed by atoms with Crippen LogP contribution in [0.15, 0.2) is 58.5 Å². The second kappa shape index (κ2) is 9.31. The molecule has 1 aromatic heterocycles. The second-order valence-corrected chi connectivity index (χ2v) is 7.63. The molecule has 3 aromatic rings. The molecule has 31 heavy (non-hydrogen) atoms. The van der Waals surface area contributed by atoms with Gasteiger partial charge in [-0.3, -0.25) is 4.79 Å². The SMILES string of the molecule is CO/N=C(/c1cc(F)cc(OCc2ccc3c(ccc(=O)n3C)c2)c1)C1CCOCC1. The molecular formula is C24H25FN2O4. The molecule has 162 valence electrons. The zero-order valence-corrected chi connectivity index (χ0v) is 17.6. The molecule has 1 aliphatic heterocycles. The predicted molar refractivity (Wildman–Crippen MR) is 117 cm³/mol. The first-order valence-corrected chi connectivity index (χ1v) is 10.3. The standard InChI is InChI=1S/C24H25FN2O4/c1-27-22-5-3-16(11-18(22)4-6-23(27)28)15-31-21-13-19(12-20(25)14-21)24(26-29-2)17-7-9-30-10-8-17/h3-6,11-14,17H,7-10,15H2,1-2H3/b26-24+. The van der Waals surface area contributed by atoms with Crippen molar-refractivity contribution in [1.82, 2.24) is 4.57 Å². The average Bonchev–Trinajstić information content (AvgIpc) is 2.79. The maximum absolute atomic E-state index is 14.4. The lowest BCUT2D eigenvalue weighted by Gasteiger charge is -2.23. The summed E-state index contributed by atoms with van der Waals surface area (Å²) in [6.07, 6.45) is 1.63. The van der Waals surface area contributed by atoms with Crippen molar-refractivity contribution >= 4 is 16.6 Å². The number of oxime groups is 1. The van der Waals surface area contributed by atoms with Gasteiger partial charge in [0.25, 0.3) is 5.56 Å². The summed E-state index contributed by atoms with van der Waals surface area (Å²) in [6, 6.07) is 13.7. The molecule has 0 bridgehead atoms. The summed E-state index contributed by atoms with van der Waals surface area (Å²) >= 11 is 0. The van der Waals surface area contributed by atoms with Gasteiger partial charge in [-0.1, -0.05) is 11.2 Å². The van der Waals surface area contributed by atoms with Crippen molar-refractivity contribution in [3.05, 3.63) is 75.8 Å². The lowest BCUT2D eigenvalue weighted by molar-refractivity contribution is 0.0816. The molecule has 0 amide bonds. The number of nitrogens with zero attached hydrogens (tertiary/aromatic N) is 2. The summed E-state index contributed by atoms with van der Waals surface area (Å²) in [4.78, 5) is 16.8. The number of aryl methyl sites for hydroxylation is 1. The van der Waals surface area contributed by atoms with E-state index in [1.54, 1.807) is 29.8 Å². The highest BCUT2D eigenvalue weighted by Crippen LogP contribution is 2.26. The molecule has 0 atom stereocenters. The molecule has 4 rings (SSSR count). The van der Waals surface area contributed by atoms with Crippen LogP contribution in [0.5, 0.6) is 5.75 Å². The monoisotopic (exact) mass is 424 g/mol. The normalized spacial score (nSPS) is 15.3. The van der Waals surface area contributed by atoms with Gasteiger partial charge in [-0.15, -0.1) is 0 Å². The van der Waals surface area contributed by atoms with Crippen molar-refractivity contribution in [1.29, 1.82) is 0 Å². The number of rotatable bonds is 6. The summed E-state index contributed by atoms with van der Waals surface area (Å²) in [5.74, 6) is 0.179. The van der Waals surface area contributed by atoms with Crippen LogP contribution in [0.4, 0.5) is 4.39 Å². The Labute approximate surface area is 179 Å². The van der Waals surface area contributed by atoms with E-state index in [2.05, 4.69) is 5.16 Å². The van der Waals surface area contributed by atoms with Crippen LogP contribution in [0.3, 0.4) is 0 Å². The first kappa shape index (κ1) is 21.1. The number of pyridine rings is 1. The maximum atomic E-state index is 14.4. The molecule has 0 radical (unpaired) electrons. The van der Waals surface area contributed by atoms with Crippen molar-refractivity contribution in [2.24, 2.45) is 18.1 Å². The van der Waals surface area contributed by atoms with Crippen molar-refractivity contribution in [3.63, 3.8) is 0 Å². The minimum absolute atomic E-state index is 0.0538. The van der Waals surface area contributed by atoms with Crippen LogP contribution in [0.1, 0.15) is 24.0 Å². The zero-order chi connectivity index (χ0) is 21.8. The molecular weight excluding hydrogens is 399 g/mol. The molecule has 0 unspecified atom stereocenters. The quantitative estimate of drug-likeness (QED) is 0.443. The molecule has 1 fully saturated rings. The second-order valence-electron chi connectivity index (χ2n) is 7.63. The van der Waals surface area contributed by atoms with E-state index in [1.165, 1.54) is 19.2 Å². The molecule has 0 N–H and O–H groups in total. The number of ether oxygens (including phenoxy) is 2. The fraction of sp³-hybridized carbons (Fsp3) is 0.333. The third-order valence-electron chi connectivity index (χ3n) is 5.56. The Hall–Kier alpha value is -3.19. The summed E-state index contributed by atoms with van der Waals surface area (Å²) in [5.41, 5.74) is 3.08. The first-order valence-electron chi connectivity index (χ1n) is 10.3. The summed E-state index contributed by atoms with van der Waals surface area (Å²) in [6.45, 7) is 1.58. The first-order chi connectivity index (χ1) is 15.0. The Kier molecular flexibility index (Phi) is 6.32. The number of benzene rings is 2. The third kappa shape index (κ3) is 4.77. The Bertz CT molecular complexity index is 1170. The van der Waals surface area contributed by atoms with Gasteiger partial charge in [-0.25, -0.2) is 4.39 Å². The average molecular weight is 424 g/mol. The van der Waals surface area contributed by atoms with Gasteiger partial charge in [-0.2, -0.15) is 0 Å². The topological polar surface area (TPSA) is 62.0 Å². The van der Waals surface area contributed by atoms with Crippen LogP contribution in [0, 0.1) is 11.7 Å². The van der Waals surface area contributed by atoms with Crippen LogP contribution in [-0.2, 0) is 23.2 Å². The highest BCUT2D eigenvalue weighted by molar-refractivity contribution is 6.02. The van der Waals surface area contributed by atoms with Gasteiger partial charge in [0.1, 0.15) is 25.3 Å². The van der Waals surface area contributed by atoms with Gasteiger partial charge in [-0.05, 0) is 54.1 Å². The van der Waals surface area contributed by atoms with Crippen molar-refractivity contribution in [2.75, 3.05) is 20.3 Å². The van der Waals surface area contributed by atoms with Crippen molar-refractivity contribution in [2.45, 2.75) is 19.4 Å². The maximum Gasteiger partial charge on any atom is 0.250 e. The van der Waals surface area contributed by atoms with Gasteiger partial charge in [0.2, 0.25) is 0 Å². The molecule has 0 aliphatic carbocycles. The van der Waals surface area contributed by atoms with Gasteiger partial charge in [0.15, 0.2) is 0 Å². The Morgan fingerprint density at radius 2 is 1.97 bits per heavy atom. The van der Waals surface area contributed by atoms with E-state index < -0.39 is 5.82 Å². The fourth-order valence-electron chi connectivity index (χ4n) is 3.92. The van der Waals surface area contributed by atoms with Crippen LogP contribution in [0.2, 0.25) is 0 Å². The van der Waals surface area contributed by atoms with E-state index in [0.717, 1.165) is 29.3 Å². The van der Waals surface area contributed by atoms with E-state index in [4.69, 9.17) is 14.3 Å². The van der Waals surface area contributed by atoms with E-state index in [0.29, 0.717) is 30.2 Å². The Morgan fingerprint density at radius 3 is 2.74 bits per heavy atom. The van der Waals surface area contributed by atoms with Crippen molar-refractivity contribution in [3.8, 4) is 5.75 Å². The molecule has 0 spiro atoms. The molecule has 2 aromatic carbocycles. The van der Waals surface area contributed by atoms with E-state index >= 15 is 0 Å². The number of hydrogen-bond acceptors (Lipinski definition) is 5. The van der Waals surface area contributed by atoms with Crippen LogP contribution >= 0.6 is 0 Å². The number of fused-ring (bicyclic) bond motifs is 1. The predicted octanol–water partition coefficient (Wildman–Crippen LogP) is 4.03. The minimum Gasteiger partial charge on any atom is -0.489 e. The number of hydrogen-bond donors (Lipinski definition) is 0. The third-order valence-corrected chi connectivity index (χ3v) is 5.56. The summed E-state index contributed by atoms with van der Waals surface area (Å²) < 4.78 is 27.3. The molecule has 7 heteroatoms. The zero-order valence-electron chi connectivity index (χ0n) is 17.6. The smallest absolute Gasteiger partial charge is 0.250 e. The van der Waals surface area contributed by atoms with Crippen LogP contribution in [-0.4, -0.2) is 30.6 Å². The number of aromatic nitrogens is 1. The molecule has 1 aliphatic rings. The van der Waals surface area contributed by atoms with Gasteiger partial charge in [0, 0.05) is 43.9 Å². The fourth-order valence-corrected chi connectivity index (χ4v) is 3.92. The molecule has 1 saturated heterocycles. The molecule has 6 nitrogen and oxygen atoms in total. The highest BCUT2D eigenvalue weighted by atomic mass is 19.1. The molecule has 0 saturated carbocycles. The summed E-state index contributed by atoms with van der Waals surface area (Å²) in [5, 5.41) is 5.12. The van der Waals surface area contributed by atoms with Gasteiger partial charge >= 0.3 is 0 Å². The van der Waals surface area contributed by atoms with E-state index in [1.807, 2.05) is 18.2 Å². The lowest BCUT2D eigenvalue weighted by atomic mass is 9.90. The van der Waals surface area contributed by atoms with Gasteiger partial charge in [0.05, 0.1) is 11.2 Å². The van der Waals surface area contributed by atoms with Crippen LogP contribution < -0.4 is 10.3 Å². The van der Waals surface area contributed by atoms with E-state index in [9.17, 15) is 9.18 Å². The minimum atomic E-state index is -0.392. The molecule has 2 heterocycles. The van der Waals surface area contributed by atoms with Crippen LogP contribution in [0.25, 0.3) is 10.9 Å². The highest BCUT2D eigenvalue weighted by Gasteiger charge is 2.23. The lowest BCUT2D eigenvalue weighted by Crippen LogP contribution is -2.24. The Morgan fingerprint density at radius 1 is 1.16 bits per heavy atom.